The zero-order valence-electron chi connectivity index (χ0n) is 11.8. The normalized spacial score (nSPS) is 11.6. The number of hydrogen-bond acceptors (Lipinski definition) is 4. The molecule has 0 radical (unpaired) electrons. The number of alkyl halides is 3. The number of aromatic amines is 1. The minimum atomic E-state index is -4.66. The van der Waals surface area contributed by atoms with E-state index >= 15 is 0 Å². The third-order valence-corrected chi connectivity index (χ3v) is 3.39. The smallest absolute Gasteiger partial charge is 0.360 e. The number of nitrogens with zero attached hydrogens (tertiary/aromatic N) is 2. The van der Waals surface area contributed by atoms with Crippen molar-refractivity contribution in [2.24, 2.45) is 0 Å². The SMILES string of the molecule is O=C(c1cccc(C(F)(F)F)n1)c1c[nH]c2cc([N+](=O)[O-])ccc12. The Hall–Kier alpha value is -3.23. The molecule has 0 aliphatic heterocycles. The van der Waals surface area contributed by atoms with E-state index in [-0.39, 0.29) is 16.9 Å². The van der Waals surface area contributed by atoms with Gasteiger partial charge in [0.15, 0.2) is 0 Å². The lowest BCUT2D eigenvalue weighted by molar-refractivity contribution is -0.384. The molecule has 0 fully saturated rings. The number of carbonyl (C=O) groups excluding carboxylic acids is 1. The number of fused-ring (bicyclic) bond motifs is 1. The minimum Gasteiger partial charge on any atom is -0.360 e. The fourth-order valence-corrected chi connectivity index (χ4v) is 2.27. The lowest BCUT2D eigenvalue weighted by Gasteiger charge is -2.06. The van der Waals surface area contributed by atoms with Crippen molar-refractivity contribution in [3.63, 3.8) is 0 Å². The third kappa shape index (κ3) is 2.71. The molecule has 2 aromatic heterocycles. The minimum absolute atomic E-state index is 0.0896. The van der Waals surface area contributed by atoms with Crippen LogP contribution in [0.4, 0.5) is 18.9 Å². The molecule has 3 aromatic rings. The number of carbonyl (C=O) groups is 1. The number of non-ortho nitro benzene ring substituents is 1. The number of nitro groups is 1. The second-order valence-corrected chi connectivity index (χ2v) is 4.92. The molecule has 3 rings (SSSR count). The second-order valence-electron chi connectivity index (χ2n) is 4.92. The first-order valence-corrected chi connectivity index (χ1v) is 6.62. The molecule has 0 saturated heterocycles. The van der Waals surface area contributed by atoms with Crippen molar-refractivity contribution in [3.8, 4) is 0 Å². The van der Waals surface area contributed by atoms with Crippen LogP contribution in [0.3, 0.4) is 0 Å². The van der Waals surface area contributed by atoms with Crippen LogP contribution in [-0.2, 0) is 6.18 Å². The highest BCUT2D eigenvalue weighted by atomic mass is 19.4. The van der Waals surface area contributed by atoms with Gasteiger partial charge in [0.05, 0.1) is 10.4 Å². The third-order valence-electron chi connectivity index (χ3n) is 3.39. The van der Waals surface area contributed by atoms with Crippen LogP contribution in [0.5, 0.6) is 0 Å². The highest BCUT2D eigenvalue weighted by molar-refractivity contribution is 6.15. The van der Waals surface area contributed by atoms with E-state index in [0.29, 0.717) is 10.9 Å². The first-order valence-electron chi connectivity index (χ1n) is 6.62. The molecule has 0 saturated carbocycles. The van der Waals surface area contributed by atoms with Crippen LogP contribution in [-0.4, -0.2) is 20.7 Å². The largest absolute Gasteiger partial charge is 0.433 e. The van der Waals surface area contributed by atoms with E-state index in [0.717, 1.165) is 12.1 Å². The number of nitrogens with one attached hydrogen (secondary N) is 1. The standard InChI is InChI=1S/C15H8F3N3O3/c16-15(17,18)13-3-1-2-11(20-13)14(22)10-7-19-12-6-8(21(23)24)4-5-9(10)12/h1-7,19H. The lowest BCUT2D eigenvalue weighted by Crippen LogP contribution is -2.12. The number of aromatic nitrogens is 2. The number of hydrogen-bond donors (Lipinski definition) is 1. The quantitative estimate of drug-likeness (QED) is 0.449. The van der Waals surface area contributed by atoms with Gasteiger partial charge in [-0.25, -0.2) is 4.98 Å². The Bertz CT molecular complexity index is 963. The maximum Gasteiger partial charge on any atom is 0.433 e. The van der Waals surface area contributed by atoms with Crippen LogP contribution in [0, 0.1) is 10.1 Å². The van der Waals surface area contributed by atoms with Gasteiger partial charge in [-0.05, 0) is 18.2 Å². The summed E-state index contributed by atoms with van der Waals surface area (Å²) < 4.78 is 38.1. The maximum atomic E-state index is 12.7. The van der Waals surface area contributed by atoms with Crippen LogP contribution in [0.2, 0.25) is 0 Å². The number of pyridine rings is 1. The molecule has 0 bridgehead atoms. The van der Waals surface area contributed by atoms with Gasteiger partial charge in [-0.2, -0.15) is 13.2 Å². The molecule has 0 aliphatic carbocycles. The summed E-state index contributed by atoms with van der Waals surface area (Å²) in [6, 6.07) is 6.88. The van der Waals surface area contributed by atoms with Crippen LogP contribution in [0.1, 0.15) is 21.7 Å². The van der Waals surface area contributed by atoms with Gasteiger partial charge in [0.1, 0.15) is 11.4 Å². The zero-order chi connectivity index (χ0) is 17.5. The van der Waals surface area contributed by atoms with Gasteiger partial charge in [0.2, 0.25) is 5.78 Å². The Morgan fingerprint density at radius 1 is 1.21 bits per heavy atom. The maximum absolute atomic E-state index is 12.7. The van der Waals surface area contributed by atoms with Crippen molar-refractivity contribution >= 4 is 22.4 Å². The molecular weight excluding hydrogens is 327 g/mol. The molecule has 0 amide bonds. The van der Waals surface area contributed by atoms with Crippen LogP contribution in [0.15, 0.2) is 42.6 Å². The van der Waals surface area contributed by atoms with E-state index in [2.05, 4.69) is 9.97 Å². The molecule has 2 heterocycles. The number of halogens is 3. The van der Waals surface area contributed by atoms with Crippen molar-refractivity contribution in [1.82, 2.24) is 9.97 Å². The molecule has 9 heteroatoms. The van der Waals surface area contributed by atoms with Crippen LogP contribution >= 0.6 is 0 Å². The molecule has 1 aromatic carbocycles. The Balaban J connectivity index is 2.05. The Morgan fingerprint density at radius 3 is 2.62 bits per heavy atom. The van der Waals surface area contributed by atoms with Gasteiger partial charge in [0.25, 0.3) is 5.69 Å². The zero-order valence-corrected chi connectivity index (χ0v) is 11.8. The first kappa shape index (κ1) is 15.7. The van der Waals surface area contributed by atoms with Crippen LogP contribution < -0.4 is 0 Å². The molecule has 0 unspecified atom stereocenters. The summed E-state index contributed by atoms with van der Waals surface area (Å²) in [6.45, 7) is 0. The summed E-state index contributed by atoms with van der Waals surface area (Å²) in [5.41, 5.74) is -1.26. The van der Waals surface area contributed by atoms with E-state index < -0.39 is 22.6 Å². The number of ketones is 1. The van der Waals surface area contributed by atoms with E-state index in [1.54, 1.807) is 0 Å². The number of benzene rings is 1. The topological polar surface area (TPSA) is 88.9 Å². The summed E-state index contributed by atoms with van der Waals surface area (Å²) >= 11 is 0. The van der Waals surface area contributed by atoms with Gasteiger partial charge in [-0.15, -0.1) is 0 Å². The average Bonchev–Trinajstić information content (AvgIpc) is 2.96. The van der Waals surface area contributed by atoms with Crippen molar-refractivity contribution in [2.45, 2.75) is 6.18 Å². The monoisotopic (exact) mass is 335 g/mol. The number of nitro benzene ring substituents is 1. The van der Waals surface area contributed by atoms with Gasteiger partial charge >= 0.3 is 6.18 Å². The first-order chi connectivity index (χ1) is 11.3. The molecular formula is C15H8F3N3O3. The lowest BCUT2D eigenvalue weighted by atomic mass is 10.1. The molecule has 122 valence electrons. The van der Waals surface area contributed by atoms with Crippen LogP contribution in [0.25, 0.3) is 10.9 Å². The van der Waals surface area contributed by atoms with Crippen molar-refractivity contribution in [1.29, 1.82) is 0 Å². The average molecular weight is 335 g/mol. The molecule has 6 nitrogen and oxygen atoms in total. The summed E-state index contributed by atoms with van der Waals surface area (Å²) in [5.74, 6) is -0.707. The molecule has 0 atom stereocenters. The Labute approximate surface area is 132 Å². The molecule has 24 heavy (non-hydrogen) atoms. The summed E-state index contributed by atoms with van der Waals surface area (Å²) in [6.07, 6.45) is -3.37. The fraction of sp³-hybridized carbons (Fsp3) is 0.0667. The van der Waals surface area contributed by atoms with Crippen molar-refractivity contribution < 1.29 is 22.9 Å². The molecule has 0 aliphatic rings. The van der Waals surface area contributed by atoms with Gasteiger partial charge in [-0.1, -0.05) is 6.07 Å². The van der Waals surface area contributed by atoms with Gasteiger partial charge in [0, 0.05) is 29.3 Å². The Kier molecular flexibility index (Phi) is 3.55. The fourth-order valence-electron chi connectivity index (χ4n) is 2.27. The van der Waals surface area contributed by atoms with Crippen molar-refractivity contribution in [3.05, 3.63) is 69.7 Å². The number of H-pyrrole nitrogens is 1. The molecule has 0 spiro atoms. The van der Waals surface area contributed by atoms with E-state index in [1.165, 1.54) is 30.5 Å². The Morgan fingerprint density at radius 2 is 1.96 bits per heavy atom. The predicted molar refractivity (Wildman–Crippen MR) is 77.6 cm³/mol. The highest BCUT2D eigenvalue weighted by Crippen LogP contribution is 2.29. The summed E-state index contributed by atoms with van der Waals surface area (Å²) in [7, 11) is 0. The predicted octanol–water partition coefficient (Wildman–Crippen LogP) is 3.72. The van der Waals surface area contributed by atoms with E-state index in [9.17, 15) is 28.1 Å². The van der Waals surface area contributed by atoms with Gasteiger partial charge < -0.3 is 4.98 Å². The highest BCUT2D eigenvalue weighted by Gasteiger charge is 2.33. The van der Waals surface area contributed by atoms with E-state index in [4.69, 9.17) is 0 Å². The second kappa shape index (κ2) is 5.44. The molecule has 1 N–H and O–H groups in total. The summed E-state index contributed by atoms with van der Waals surface area (Å²) in [5, 5.41) is 11.1. The summed E-state index contributed by atoms with van der Waals surface area (Å²) in [4.78, 5) is 28.7. The van der Waals surface area contributed by atoms with Crippen molar-refractivity contribution in [2.75, 3.05) is 0 Å². The number of rotatable bonds is 3. The van der Waals surface area contributed by atoms with E-state index in [1.807, 2.05) is 0 Å². The van der Waals surface area contributed by atoms with Gasteiger partial charge in [-0.3, -0.25) is 14.9 Å².